The van der Waals surface area contributed by atoms with Crippen molar-refractivity contribution in [3.8, 4) is 11.4 Å². The third-order valence-electron chi connectivity index (χ3n) is 2.66. The lowest BCUT2D eigenvalue weighted by molar-refractivity contribution is 0.633. The minimum absolute atomic E-state index is 0.0196. The molecule has 0 radical (unpaired) electrons. The van der Waals surface area contributed by atoms with Crippen LogP contribution in [0.3, 0.4) is 0 Å². The molecule has 19 heavy (non-hydrogen) atoms. The number of fused-ring (bicyclic) bond motifs is 1. The van der Waals surface area contributed by atoms with E-state index < -0.39 is 17.1 Å². The zero-order chi connectivity index (χ0) is 13.6. The predicted octanol–water partition coefficient (Wildman–Crippen LogP) is 0.328. The number of nitrogen functional groups attached to an aromatic ring is 1. The quantitative estimate of drug-likeness (QED) is 0.471. The maximum atomic E-state index is 13.4. The highest BCUT2D eigenvalue weighted by Crippen LogP contribution is 2.21. The molecule has 96 valence electrons. The fourth-order valence-electron chi connectivity index (χ4n) is 1.74. The van der Waals surface area contributed by atoms with Crippen LogP contribution < -0.4 is 17.0 Å². The molecule has 0 fully saturated rings. The molecule has 0 bridgehead atoms. The second kappa shape index (κ2) is 3.80. The van der Waals surface area contributed by atoms with Gasteiger partial charge in [0.25, 0.3) is 5.56 Å². The van der Waals surface area contributed by atoms with Gasteiger partial charge in [-0.2, -0.15) is 0 Å². The number of benzene rings is 1. The molecule has 0 aliphatic rings. The third-order valence-corrected chi connectivity index (χ3v) is 2.66. The van der Waals surface area contributed by atoms with Gasteiger partial charge in [-0.05, 0) is 18.2 Å². The maximum Gasteiger partial charge on any atom is 0.327 e. The highest BCUT2D eigenvalue weighted by Gasteiger charge is 2.10. The highest BCUT2D eigenvalue weighted by atomic mass is 19.1. The molecular formula is C11H8FN5O2. The largest absolute Gasteiger partial charge is 0.396 e. The molecule has 0 aliphatic carbocycles. The Bertz CT molecular complexity index is 892. The van der Waals surface area contributed by atoms with E-state index in [4.69, 9.17) is 5.73 Å². The average Bonchev–Trinajstić information content (AvgIpc) is 2.76. The molecule has 3 rings (SSSR count). The molecule has 1 aromatic carbocycles. The normalized spacial score (nSPS) is 11.0. The molecule has 2 aromatic heterocycles. The van der Waals surface area contributed by atoms with Crippen LogP contribution in [-0.4, -0.2) is 19.9 Å². The van der Waals surface area contributed by atoms with Gasteiger partial charge in [0, 0.05) is 5.56 Å². The Balaban J connectivity index is 2.26. The fraction of sp³-hybridized carbons (Fsp3) is 0. The monoisotopic (exact) mass is 261 g/mol. The molecule has 0 amide bonds. The lowest BCUT2D eigenvalue weighted by Gasteiger charge is -1.99. The van der Waals surface area contributed by atoms with Crippen molar-refractivity contribution in [3.05, 3.63) is 44.9 Å². The van der Waals surface area contributed by atoms with Gasteiger partial charge in [-0.15, -0.1) is 0 Å². The predicted molar refractivity (Wildman–Crippen MR) is 67.1 cm³/mol. The second-order valence-electron chi connectivity index (χ2n) is 3.95. The molecule has 5 N–H and O–H groups in total. The van der Waals surface area contributed by atoms with E-state index in [2.05, 4.69) is 19.9 Å². The standard InChI is InChI=1S/C11H8FN5O2/c12-5-3-4(1-2-6(5)13)8-14-7-9(15-8)16-11(19)17-10(7)18/h1-3H,13H2,(H3,14,15,16,17,18,19). The number of H-pyrrole nitrogens is 3. The van der Waals surface area contributed by atoms with E-state index in [1.165, 1.54) is 12.1 Å². The van der Waals surface area contributed by atoms with Gasteiger partial charge in [0.1, 0.15) is 17.2 Å². The Morgan fingerprint density at radius 3 is 2.68 bits per heavy atom. The van der Waals surface area contributed by atoms with Crippen molar-refractivity contribution in [3.63, 3.8) is 0 Å². The number of rotatable bonds is 1. The molecule has 0 spiro atoms. The van der Waals surface area contributed by atoms with Crippen LogP contribution >= 0.6 is 0 Å². The number of aromatic nitrogens is 4. The third kappa shape index (κ3) is 1.79. The van der Waals surface area contributed by atoms with Crippen LogP contribution in [0.5, 0.6) is 0 Å². The van der Waals surface area contributed by atoms with Gasteiger partial charge in [0.2, 0.25) is 0 Å². The zero-order valence-corrected chi connectivity index (χ0v) is 9.45. The van der Waals surface area contributed by atoms with E-state index in [9.17, 15) is 14.0 Å². The summed E-state index contributed by atoms with van der Waals surface area (Å²) in [5, 5.41) is 0. The smallest absolute Gasteiger partial charge is 0.327 e. The number of hydrogen-bond acceptors (Lipinski definition) is 4. The van der Waals surface area contributed by atoms with Crippen LogP contribution in [0.4, 0.5) is 10.1 Å². The van der Waals surface area contributed by atoms with E-state index in [1.807, 2.05) is 0 Å². The van der Waals surface area contributed by atoms with Crippen LogP contribution in [0, 0.1) is 5.82 Å². The van der Waals surface area contributed by atoms with Crippen LogP contribution in [0.1, 0.15) is 0 Å². The van der Waals surface area contributed by atoms with Crippen molar-refractivity contribution < 1.29 is 4.39 Å². The van der Waals surface area contributed by atoms with E-state index in [0.29, 0.717) is 5.56 Å². The first-order chi connectivity index (χ1) is 9.04. The molecule has 0 aliphatic heterocycles. The van der Waals surface area contributed by atoms with E-state index >= 15 is 0 Å². The molecule has 3 aromatic rings. The van der Waals surface area contributed by atoms with Crippen LogP contribution in [0.2, 0.25) is 0 Å². The molecule has 8 heteroatoms. The number of hydrogen-bond donors (Lipinski definition) is 4. The van der Waals surface area contributed by atoms with Gasteiger partial charge in [-0.25, -0.2) is 14.2 Å². The SMILES string of the molecule is Nc1ccc(-c2nc3[nH]c(=O)[nH]c(=O)c3[nH]2)cc1F. The first kappa shape index (κ1) is 11.2. The minimum atomic E-state index is -0.654. The number of nitrogens with one attached hydrogen (secondary N) is 3. The van der Waals surface area contributed by atoms with Crippen molar-refractivity contribution >= 4 is 16.9 Å². The Hall–Kier alpha value is -2.90. The van der Waals surface area contributed by atoms with Crippen molar-refractivity contribution in [1.29, 1.82) is 0 Å². The zero-order valence-electron chi connectivity index (χ0n) is 9.45. The van der Waals surface area contributed by atoms with Crippen LogP contribution in [-0.2, 0) is 0 Å². The second-order valence-corrected chi connectivity index (χ2v) is 3.95. The van der Waals surface area contributed by atoms with Crippen molar-refractivity contribution in [2.45, 2.75) is 0 Å². The first-order valence-electron chi connectivity index (χ1n) is 5.32. The summed E-state index contributed by atoms with van der Waals surface area (Å²) in [6, 6.07) is 4.15. The van der Waals surface area contributed by atoms with Gasteiger partial charge < -0.3 is 10.7 Å². The summed E-state index contributed by atoms with van der Waals surface area (Å²) in [5.74, 6) is -0.318. The summed E-state index contributed by atoms with van der Waals surface area (Å²) >= 11 is 0. The van der Waals surface area contributed by atoms with Gasteiger partial charge in [-0.3, -0.25) is 14.8 Å². The molecule has 7 nitrogen and oxygen atoms in total. The number of anilines is 1. The van der Waals surface area contributed by atoms with E-state index in [1.54, 1.807) is 6.07 Å². The van der Waals surface area contributed by atoms with Crippen LogP contribution in [0.15, 0.2) is 27.8 Å². The van der Waals surface area contributed by atoms with E-state index in [0.717, 1.165) is 0 Å². The molecule has 2 heterocycles. The van der Waals surface area contributed by atoms with E-state index in [-0.39, 0.29) is 22.7 Å². The molecule has 0 unspecified atom stereocenters. The van der Waals surface area contributed by atoms with Gasteiger partial charge in [-0.1, -0.05) is 0 Å². The number of aromatic amines is 3. The van der Waals surface area contributed by atoms with Crippen LogP contribution in [0.25, 0.3) is 22.6 Å². The van der Waals surface area contributed by atoms with Gasteiger partial charge in [0.15, 0.2) is 5.65 Å². The summed E-state index contributed by atoms with van der Waals surface area (Å²) < 4.78 is 13.4. The van der Waals surface area contributed by atoms with Crippen molar-refractivity contribution in [2.24, 2.45) is 0 Å². The summed E-state index contributed by atoms with van der Waals surface area (Å²) in [6.45, 7) is 0. The van der Waals surface area contributed by atoms with Gasteiger partial charge in [0.05, 0.1) is 5.69 Å². The number of imidazole rings is 1. The maximum absolute atomic E-state index is 13.4. The minimum Gasteiger partial charge on any atom is -0.396 e. The Kier molecular flexibility index (Phi) is 2.24. The Morgan fingerprint density at radius 1 is 1.16 bits per heavy atom. The average molecular weight is 261 g/mol. The summed E-state index contributed by atoms with van der Waals surface area (Å²) in [5.41, 5.74) is 4.80. The summed E-state index contributed by atoms with van der Waals surface area (Å²) in [7, 11) is 0. The van der Waals surface area contributed by atoms with Crippen molar-refractivity contribution in [1.82, 2.24) is 19.9 Å². The summed E-state index contributed by atoms with van der Waals surface area (Å²) in [4.78, 5) is 33.8. The molecule has 0 atom stereocenters. The first-order valence-corrected chi connectivity index (χ1v) is 5.32. The molecular weight excluding hydrogens is 253 g/mol. The van der Waals surface area contributed by atoms with Crippen molar-refractivity contribution in [2.75, 3.05) is 5.73 Å². The lowest BCUT2D eigenvalue weighted by Crippen LogP contribution is -2.21. The number of nitrogens with two attached hydrogens (primary N) is 1. The molecule has 0 saturated heterocycles. The summed E-state index contributed by atoms with van der Waals surface area (Å²) in [6.07, 6.45) is 0. The fourth-order valence-corrected chi connectivity index (χ4v) is 1.74. The lowest BCUT2D eigenvalue weighted by atomic mass is 10.2. The van der Waals surface area contributed by atoms with Gasteiger partial charge >= 0.3 is 5.69 Å². The Morgan fingerprint density at radius 2 is 1.95 bits per heavy atom. The topological polar surface area (TPSA) is 120 Å². The Labute approximate surface area is 104 Å². The molecule has 0 saturated carbocycles. The highest BCUT2D eigenvalue weighted by molar-refractivity contribution is 5.75. The number of halogens is 1. The number of nitrogens with zero attached hydrogens (tertiary/aromatic N) is 1.